The second-order valence-corrected chi connectivity index (χ2v) is 8.82. The predicted octanol–water partition coefficient (Wildman–Crippen LogP) is 3.32. The van der Waals surface area contributed by atoms with Crippen molar-refractivity contribution in [2.45, 2.75) is 20.8 Å². The van der Waals surface area contributed by atoms with E-state index in [1.54, 1.807) is 42.2 Å². The molecule has 3 heterocycles. The van der Waals surface area contributed by atoms with Crippen molar-refractivity contribution in [2.75, 3.05) is 4.90 Å². The summed E-state index contributed by atoms with van der Waals surface area (Å²) in [4.78, 5) is 29.0. The number of imide groups is 1. The van der Waals surface area contributed by atoms with Gasteiger partial charge in [-0.1, -0.05) is 42.5 Å². The van der Waals surface area contributed by atoms with Crippen molar-refractivity contribution in [3.8, 4) is 17.1 Å². The van der Waals surface area contributed by atoms with E-state index in [2.05, 4.69) is 5.10 Å². The van der Waals surface area contributed by atoms with Gasteiger partial charge in [0.1, 0.15) is 5.57 Å². The molecule has 2 aromatic heterocycles. The first-order chi connectivity index (χ1) is 16.8. The van der Waals surface area contributed by atoms with Gasteiger partial charge in [-0.15, -0.1) is 0 Å². The minimum absolute atomic E-state index is 0.0449. The van der Waals surface area contributed by atoms with E-state index in [9.17, 15) is 14.7 Å². The minimum Gasteiger partial charge on any atom is -0.858 e. The van der Waals surface area contributed by atoms with Crippen LogP contribution in [0.4, 0.5) is 5.69 Å². The molecule has 4 aromatic rings. The van der Waals surface area contributed by atoms with Crippen LogP contribution >= 0.6 is 0 Å². The lowest BCUT2D eigenvalue weighted by Gasteiger charge is -2.15. The van der Waals surface area contributed by atoms with E-state index in [4.69, 9.17) is 0 Å². The molecule has 7 nitrogen and oxygen atoms in total. The van der Waals surface area contributed by atoms with Gasteiger partial charge in [0.2, 0.25) is 0 Å². The number of anilines is 1. The van der Waals surface area contributed by atoms with Crippen molar-refractivity contribution in [2.24, 2.45) is 7.05 Å². The third-order valence-corrected chi connectivity index (χ3v) is 6.01. The van der Waals surface area contributed by atoms with Crippen molar-refractivity contribution in [1.29, 1.82) is 0 Å². The van der Waals surface area contributed by atoms with Gasteiger partial charge < -0.3 is 5.11 Å². The highest BCUT2D eigenvalue weighted by molar-refractivity contribution is 6.53. The maximum absolute atomic E-state index is 14.0. The molecule has 7 heteroatoms. The highest BCUT2D eigenvalue weighted by Crippen LogP contribution is 2.40. The number of hydrogen-bond acceptors (Lipinski definition) is 4. The molecule has 0 saturated carbocycles. The molecule has 2 aromatic carbocycles. The molecule has 0 aliphatic carbocycles. The Morgan fingerprint density at radius 3 is 2.17 bits per heavy atom. The lowest BCUT2D eigenvalue weighted by atomic mass is 10.00. The summed E-state index contributed by atoms with van der Waals surface area (Å²) >= 11 is 0. The van der Waals surface area contributed by atoms with Gasteiger partial charge in [0.15, 0.2) is 12.4 Å². The summed E-state index contributed by atoms with van der Waals surface area (Å²) in [5.74, 6) is -1.48. The summed E-state index contributed by atoms with van der Waals surface area (Å²) in [6, 6.07) is 18.4. The molecule has 1 aliphatic heterocycles. The van der Waals surface area contributed by atoms with Crippen molar-refractivity contribution in [3.63, 3.8) is 0 Å². The Morgan fingerprint density at radius 2 is 1.51 bits per heavy atom. The number of aromatic nitrogens is 3. The standard InChI is InChI=1S/C28H24N4O3/c1-17-9-8-12-21(14-17)32-27(34)23(25(28(32)35)31-15-18(2)13-19(3)16-31)22-24(29-30(4)26(22)33)20-10-6-5-7-11-20/h5-16H,1-4H3. The topological polar surface area (TPSA) is 82.1 Å². The number of carbonyl (C=O) groups excluding carboxylic acids is 2. The molecular formula is C28H24N4O3. The molecule has 0 saturated heterocycles. The quantitative estimate of drug-likeness (QED) is 0.343. The Kier molecular flexibility index (Phi) is 5.32. The van der Waals surface area contributed by atoms with Crippen molar-refractivity contribution in [3.05, 3.63) is 95.3 Å². The molecule has 174 valence electrons. The number of pyridine rings is 1. The summed E-state index contributed by atoms with van der Waals surface area (Å²) in [5, 5.41) is 17.8. The molecule has 0 spiro atoms. The molecule has 2 amide bonds. The molecule has 0 atom stereocenters. The van der Waals surface area contributed by atoms with E-state index in [-0.39, 0.29) is 16.8 Å². The molecule has 0 N–H and O–H groups in total. The summed E-state index contributed by atoms with van der Waals surface area (Å²) in [6.45, 7) is 5.73. The highest BCUT2D eigenvalue weighted by Gasteiger charge is 2.47. The zero-order chi connectivity index (χ0) is 24.9. The maximum atomic E-state index is 14.0. The largest absolute Gasteiger partial charge is 0.858 e. The van der Waals surface area contributed by atoms with Gasteiger partial charge in [0.25, 0.3) is 11.6 Å². The van der Waals surface area contributed by atoms with E-state index >= 15 is 0 Å². The Labute approximate surface area is 203 Å². The first-order valence-corrected chi connectivity index (χ1v) is 11.3. The van der Waals surface area contributed by atoms with Crippen LogP contribution in [-0.4, -0.2) is 21.6 Å². The van der Waals surface area contributed by atoms with E-state index in [0.717, 1.165) is 21.6 Å². The normalized spacial score (nSPS) is 13.8. The molecule has 35 heavy (non-hydrogen) atoms. The third kappa shape index (κ3) is 3.71. The number of hydrogen-bond donors (Lipinski definition) is 0. The maximum Gasteiger partial charge on any atom is 0.331 e. The smallest absolute Gasteiger partial charge is 0.331 e. The van der Waals surface area contributed by atoms with E-state index in [1.807, 2.05) is 63.2 Å². The number of carbonyl (C=O) groups is 2. The van der Waals surface area contributed by atoms with Crippen LogP contribution in [0.25, 0.3) is 22.5 Å². The van der Waals surface area contributed by atoms with Crippen LogP contribution in [0.5, 0.6) is 5.88 Å². The van der Waals surface area contributed by atoms with E-state index in [1.165, 1.54) is 4.68 Å². The number of amides is 2. The van der Waals surface area contributed by atoms with Crippen molar-refractivity contribution < 1.29 is 19.3 Å². The molecule has 0 fully saturated rings. The molecule has 0 bridgehead atoms. The van der Waals surface area contributed by atoms with E-state index < -0.39 is 17.7 Å². The molecule has 0 unspecified atom stereocenters. The Morgan fingerprint density at radius 1 is 0.829 bits per heavy atom. The highest BCUT2D eigenvalue weighted by atomic mass is 16.3. The second kappa shape index (κ2) is 8.36. The predicted molar refractivity (Wildman–Crippen MR) is 131 cm³/mol. The van der Waals surface area contributed by atoms with Gasteiger partial charge in [-0.05, 0) is 50.4 Å². The summed E-state index contributed by atoms with van der Waals surface area (Å²) in [6.07, 6.45) is 3.58. The fourth-order valence-electron chi connectivity index (χ4n) is 4.56. The SMILES string of the molecule is Cc1cccc(N2C(=O)C(c3c(-c4ccccc4)nn(C)c3[O-])=C([n+]3cc(C)cc(C)c3)C2=O)c1. The Hall–Kier alpha value is -4.52. The molecule has 0 radical (unpaired) electrons. The van der Waals surface area contributed by atoms with Crippen molar-refractivity contribution >= 4 is 28.8 Å². The van der Waals surface area contributed by atoms with Crippen LogP contribution in [0.2, 0.25) is 0 Å². The molecular weight excluding hydrogens is 440 g/mol. The second-order valence-electron chi connectivity index (χ2n) is 8.82. The van der Waals surface area contributed by atoms with Gasteiger partial charge >= 0.3 is 5.91 Å². The minimum atomic E-state index is -0.551. The van der Waals surface area contributed by atoms with Gasteiger partial charge in [-0.25, -0.2) is 4.90 Å². The zero-order valence-corrected chi connectivity index (χ0v) is 19.9. The monoisotopic (exact) mass is 464 g/mol. The molecule has 1 aliphatic rings. The average Bonchev–Trinajstić information content (AvgIpc) is 3.25. The van der Waals surface area contributed by atoms with Crippen LogP contribution < -0.4 is 14.6 Å². The lowest BCUT2D eigenvalue weighted by molar-refractivity contribution is -0.577. The number of aryl methyl sites for hydroxylation is 4. The van der Waals surface area contributed by atoms with Gasteiger partial charge in [0, 0.05) is 29.3 Å². The van der Waals surface area contributed by atoms with Crippen LogP contribution in [0, 0.1) is 20.8 Å². The number of rotatable bonds is 4. The zero-order valence-electron chi connectivity index (χ0n) is 19.9. The summed E-state index contributed by atoms with van der Waals surface area (Å²) in [5.41, 5.74) is 4.55. The van der Waals surface area contributed by atoms with Crippen molar-refractivity contribution in [1.82, 2.24) is 9.78 Å². The summed E-state index contributed by atoms with van der Waals surface area (Å²) < 4.78 is 2.86. The van der Waals surface area contributed by atoms with Crippen LogP contribution in [-0.2, 0) is 16.6 Å². The third-order valence-electron chi connectivity index (χ3n) is 6.01. The number of benzene rings is 2. The Bertz CT molecular complexity index is 1510. The fourth-order valence-corrected chi connectivity index (χ4v) is 4.56. The molecule has 5 rings (SSSR count). The van der Waals surface area contributed by atoms with Gasteiger partial charge in [-0.3, -0.25) is 14.3 Å². The first-order valence-electron chi connectivity index (χ1n) is 11.3. The van der Waals surface area contributed by atoms with Gasteiger partial charge in [-0.2, -0.15) is 9.67 Å². The Balaban J connectivity index is 1.83. The number of nitrogens with zero attached hydrogens (tertiary/aromatic N) is 4. The van der Waals surface area contributed by atoms with E-state index in [0.29, 0.717) is 16.9 Å². The first kappa shape index (κ1) is 22.3. The van der Waals surface area contributed by atoms with Crippen LogP contribution in [0.3, 0.4) is 0 Å². The van der Waals surface area contributed by atoms with Gasteiger partial charge in [0.05, 0.1) is 11.4 Å². The average molecular weight is 465 g/mol. The lowest BCUT2D eigenvalue weighted by Crippen LogP contribution is -2.40. The fraction of sp³-hybridized carbons (Fsp3) is 0.143. The van der Waals surface area contributed by atoms with Crippen LogP contribution in [0.1, 0.15) is 22.3 Å². The van der Waals surface area contributed by atoms with Crippen LogP contribution in [0.15, 0.2) is 73.1 Å². The summed E-state index contributed by atoms with van der Waals surface area (Å²) in [7, 11) is 1.54.